The second-order valence-electron chi connectivity index (χ2n) is 9.23. The number of rotatable bonds is 7. The van der Waals surface area contributed by atoms with E-state index in [4.69, 9.17) is 5.11 Å². The number of benzene rings is 2. The summed E-state index contributed by atoms with van der Waals surface area (Å²) in [6, 6.07) is 13.1. The number of aliphatic hydroxyl groups is 1. The zero-order chi connectivity index (χ0) is 24.0. The number of amides is 1. The highest BCUT2D eigenvalue weighted by molar-refractivity contribution is 9.10. The first-order valence-corrected chi connectivity index (χ1v) is 12.3. The lowest BCUT2D eigenvalue weighted by atomic mass is 9.81. The van der Waals surface area contributed by atoms with Gasteiger partial charge in [-0.05, 0) is 61.3 Å². The fourth-order valence-electron chi connectivity index (χ4n) is 5.47. The molecule has 0 saturated carbocycles. The van der Waals surface area contributed by atoms with Gasteiger partial charge in [0.15, 0.2) is 0 Å². The van der Waals surface area contributed by atoms with Crippen molar-refractivity contribution in [2.24, 2.45) is 0 Å². The lowest BCUT2D eigenvalue weighted by molar-refractivity contribution is -0.133. The molecule has 2 aliphatic rings. The molecule has 2 aliphatic heterocycles. The Labute approximate surface area is 207 Å². The number of fused-ring (bicyclic) bond motifs is 4. The van der Waals surface area contributed by atoms with Crippen molar-refractivity contribution in [1.82, 2.24) is 20.1 Å². The van der Waals surface area contributed by atoms with E-state index in [1.165, 1.54) is 0 Å². The summed E-state index contributed by atoms with van der Waals surface area (Å²) in [6.45, 7) is 8.25. The van der Waals surface area contributed by atoms with Gasteiger partial charge in [0, 0.05) is 40.6 Å². The van der Waals surface area contributed by atoms with Crippen LogP contribution >= 0.6 is 15.9 Å². The Bertz CT molecular complexity index is 1270. The van der Waals surface area contributed by atoms with E-state index < -0.39 is 5.54 Å². The smallest absolute Gasteiger partial charge is 0.254 e. The van der Waals surface area contributed by atoms with Crippen LogP contribution in [0.4, 0.5) is 0 Å². The molecule has 5 rings (SSSR count). The Balaban J connectivity index is 1.60. The van der Waals surface area contributed by atoms with Crippen LogP contribution in [0.5, 0.6) is 5.75 Å². The van der Waals surface area contributed by atoms with Crippen LogP contribution in [0, 0.1) is 0 Å². The van der Waals surface area contributed by atoms with E-state index in [1.807, 2.05) is 31.2 Å². The molecule has 2 aromatic carbocycles. The fraction of sp³-hybridized carbons (Fsp3) is 0.346. The van der Waals surface area contributed by atoms with Crippen molar-refractivity contribution in [3.05, 3.63) is 76.2 Å². The molecule has 0 unspecified atom stereocenters. The Hall–Kier alpha value is -2.81. The zero-order valence-corrected chi connectivity index (χ0v) is 20.7. The highest BCUT2D eigenvalue weighted by atomic mass is 79.9. The number of halogens is 1. The number of carbonyl (C=O) groups excluding carboxylic acids is 1. The molecule has 34 heavy (non-hydrogen) atoms. The summed E-state index contributed by atoms with van der Waals surface area (Å²) in [6.07, 6.45) is 1.32. The summed E-state index contributed by atoms with van der Waals surface area (Å²) in [5.41, 5.74) is 3.27. The number of phenols is 1. The Kier molecular flexibility index (Phi) is 5.91. The molecule has 0 aliphatic carbocycles. The number of aliphatic hydroxyl groups excluding tert-OH is 1. The highest BCUT2D eigenvalue weighted by Gasteiger charge is 2.57. The molecule has 0 spiro atoms. The third-order valence-electron chi connectivity index (χ3n) is 6.99. The molecular formula is C26H29BrN4O3. The molecular weight excluding hydrogens is 496 g/mol. The predicted molar refractivity (Wildman–Crippen MR) is 135 cm³/mol. The van der Waals surface area contributed by atoms with Gasteiger partial charge in [0.25, 0.3) is 5.91 Å². The molecule has 7 nitrogen and oxygen atoms in total. The van der Waals surface area contributed by atoms with Gasteiger partial charge in [-0.3, -0.25) is 9.69 Å². The number of carbonyl (C=O) groups is 1. The monoisotopic (exact) mass is 524 g/mol. The van der Waals surface area contributed by atoms with Gasteiger partial charge in [0.1, 0.15) is 17.1 Å². The quantitative estimate of drug-likeness (QED) is 0.354. The van der Waals surface area contributed by atoms with Crippen LogP contribution in [-0.4, -0.2) is 62.7 Å². The summed E-state index contributed by atoms with van der Waals surface area (Å²) in [4.78, 5) is 21.4. The summed E-state index contributed by atoms with van der Waals surface area (Å²) in [5.74, 6) is 0.904. The van der Waals surface area contributed by atoms with Crippen molar-refractivity contribution < 1.29 is 15.0 Å². The average Bonchev–Trinajstić information content (AvgIpc) is 3.24. The molecule has 3 heterocycles. The molecule has 2 atom stereocenters. The van der Waals surface area contributed by atoms with E-state index in [0.717, 1.165) is 38.6 Å². The van der Waals surface area contributed by atoms with Crippen molar-refractivity contribution in [1.29, 1.82) is 0 Å². The van der Waals surface area contributed by atoms with Crippen molar-refractivity contribution in [2.45, 2.75) is 31.3 Å². The van der Waals surface area contributed by atoms with Crippen LogP contribution in [0.2, 0.25) is 0 Å². The highest BCUT2D eigenvalue weighted by Crippen LogP contribution is 2.51. The molecule has 0 radical (unpaired) electrons. The lowest BCUT2D eigenvalue weighted by Gasteiger charge is -2.44. The minimum absolute atomic E-state index is 0.0415. The number of aromatic nitrogens is 1. The van der Waals surface area contributed by atoms with Crippen molar-refractivity contribution >= 4 is 32.7 Å². The Morgan fingerprint density at radius 3 is 2.85 bits per heavy atom. The van der Waals surface area contributed by atoms with Gasteiger partial charge in [0.2, 0.25) is 0 Å². The first-order chi connectivity index (χ1) is 16.3. The summed E-state index contributed by atoms with van der Waals surface area (Å²) >= 11 is 3.59. The maximum Gasteiger partial charge on any atom is 0.254 e. The molecule has 8 heteroatoms. The van der Waals surface area contributed by atoms with Crippen LogP contribution in [-0.2, 0) is 11.2 Å². The molecule has 3 aromatic rings. The second kappa shape index (κ2) is 8.76. The number of aromatic hydroxyl groups is 1. The maximum absolute atomic E-state index is 13.9. The van der Waals surface area contributed by atoms with Crippen LogP contribution in [0.3, 0.4) is 0 Å². The Morgan fingerprint density at radius 2 is 2.09 bits per heavy atom. The average molecular weight is 525 g/mol. The van der Waals surface area contributed by atoms with Crippen LogP contribution in [0.15, 0.2) is 59.3 Å². The van der Waals surface area contributed by atoms with Gasteiger partial charge in [-0.2, -0.15) is 0 Å². The third-order valence-corrected chi connectivity index (χ3v) is 7.48. The third kappa shape index (κ3) is 3.61. The van der Waals surface area contributed by atoms with Gasteiger partial charge in [-0.15, -0.1) is 0 Å². The molecule has 0 bridgehead atoms. The molecule has 178 valence electrons. The van der Waals surface area contributed by atoms with Gasteiger partial charge in [-0.25, -0.2) is 0 Å². The van der Waals surface area contributed by atoms with Gasteiger partial charge in [0.05, 0.1) is 12.6 Å². The van der Waals surface area contributed by atoms with Gasteiger partial charge in [-0.1, -0.05) is 34.6 Å². The largest absolute Gasteiger partial charge is 0.508 e. The first kappa shape index (κ1) is 23.0. The Morgan fingerprint density at radius 1 is 1.26 bits per heavy atom. The zero-order valence-electron chi connectivity index (χ0n) is 19.1. The first-order valence-electron chi connectivity index (χ1n) is 11.6. The minimum atomic E-state index is -0.795. The van der Waals surface area contributed by atoms with Gasteiger partial charge < -0.3 is 25.4 Å². The number of hydrogen-bond donors (Lipinski definition) is 4. The lowest BCUT2D eigenvalue weighted by Crippen LogP contribution is -2.52. The van der Waals surface area contributed by atoms with Crippen molar-refractivity contribution in [3.63, 3.8) is 0 Å². The predicted octanol–water partition coefficient (Wildman–Crippen LogP) is 3.63. The molecule has 1 aromatic heterocycles. The molecule has 1 fully saturated rings. The molecule has 4 N–H and O–H groups in total. The van der Waals surface area contributed by atoms with E-state index in [2.05, 4.69) is 43.8 Å². The fourth-order valence-corrected chi connectivity index (χ4v) is 5.83. The topological polar surface area (TPSA) is 91.8 Å². The second-order valence-corrected chi connectivity index (χ2v) is 10.1. The van der Waals surface area contributed by atoms with Crippen molar-refractivity contribution in [2.75, 3.05) is 26.2 Å². The maximum atomic E-state index is 13.9. The molecule has 1 saturated heterocycles. The standard InChI is InChI=1S/C26H29BrN4O3/c1-16-30(11-4-9-28-10-12-32)25(34)26(2)15-21-20-14-18(27)7-8-22(20)29-23(21)24(31(16)26)17-5-3-6-19(33)13-17/h3,5-8,13-14,24,28-29,32-33H,1,4,9-12,15H2,2H3/t24-,26+/m1/s1. The number of phenolic OH excluding ortho intramolecular Hbond substituents is 1. The summed E-state index contributed by atoms with van der Waals surface area (Å²) < 4.78 is 0.988. The number of hydrogen-bond acceptors (Lipinski definition) is 5. The van der Waals surface area contributed by atoms with E-state index in [1.54, 1.807) is 17.0 Å². The van der Waals surface area contributed by atoms with E-state index in [0.29, 0.717) is 31.9 Å². The van der Waals surface area contributed by atoms with Crippen LogP contribution in [0.1, 0.15) is 36.2 Å². The van der Waals surface area contributed by atoms with E-state index >= 15 is 0 Å². The van der Waals surface area contributed by atoms with Crippen molar-refractivity contribution in [3.8, 4) is 5.75 Å². The van der Waals surface area contributed by atoms with E-state index in [9.17, 15) is 9.90 Å². The number of aromatic amines is 1. The van der Waals surface area contributed by atoms with E-state index in [-0.39, 0.29) is 24.3 Å². The summed E-state index contributed by atoms with van der Waals surface area (Å²) in [5, 5.41) is 23.5. The molecule has 1 amide bonds. The van der Waals surface area contributed by atoms with Crippen LogP contribution < -0.4 is 5.32 Å². The summed E-state index contributed by atoms with van der Waals surface area (Å²) in [7, 11) is 0. The number of nitrogens with zero attached hydrogens (tertiary/aromatic N) is 2. The van der Waals surface area contributed by atoms with Gasteiger partial charge >= 0.3 is 0 Å². The minimum Gasteiger partial charge on any atom is -0.508 e. The number of nitrogens with one attached hydrogen (secondary N) is 2. The SMILES string of the molecule is C=C1N(CCCNCCO)C(=O)[C@]2(C)Cc3c([nH]c4ccc(Br)cc34)[C@@H](c3cccc(O)c3)N12. The normalized spacial score (nSPS) is 21.9. The van der Waals surface area contributed by atoms with Crippen LogP contribution in [0.25, 0.3) is 10.9 Å². The number of H-pyrrole nitrogens is 1.